The van der Waals surface area contributed by atoms with Gasteiger partial charge >= 0.3 is 6.01 Å². The van der Waals surface area contributed by atoms with Crippen molar-refractivity contribution in [2.45, 2.75) is 50.4 Å². The Morgan fingerprint density at radius 3 is 2.73 bits per heavy atom. The number of ether oxygens (including phenoxy) is 1. The molecular formula is C33H34ClF3N6O2. The van der Waals surface area contributed by atoms with Crippen molar-refractivity contribution in [3.63, 3.8) is 0 Å². The molecule has 236 valence electrons. The van der Waals surface area contributed by atoms with Gasteiger partial charge in [0.2, 0.25) is 6.54 Å². The Labute approximate surface area is 265 Å². The zero-order chi connectivity index (χ0) is 31.8. The van der Waals surface area contributed by atoms with E-state index < -0.39 is 29.8 Å². The summed E-state index contributed by atoms with van der Waals surface area (Å²) in [6.07, 6.45) is 3.17. The van der Waals surface area contributed by atoms with Gasteiger partial charge in [0.15, 0.2) is 11.6 Å². The van der Waals surface area contributed by atoms with E-state index in [0.717, 1.165) is 36.8 Å². The van der Waals surface area contributed by atoms with Crippen LogP contribution >= 0.6 is 11.6 Å². The molecule has 1 aliphatic carbocycles. The number of amides is 1. The summed E-state index contributed by atoms with van der Waals surface area (Å²) < 4.78 is 50.6. The van der Waals surface area contributed by atoms with E-state index in [1.54, 1.807) is 6.07 Å². The highest BCUT2D eigenvalue weighted by molar-refractivity contribution is 6.34. The number of likely N-dealkylation sites (N-methyl/N-ethyl adjacent to an activating group) is 1. The van der Waals surface area contributed by atoms with Gasteiger partial charge in [-0.3, -0.25) is 9.69 Å². The first kappa shape index (κ1) is 31.1. The number of carbonyl (C=O) groups excluding carboxylic acids is 1. The summed E-state index contributed by atoms with van der Waals surface area (Å²) in [6.45, 7) is 11.3. The van der Waals surface area contributed by atoms with Crippen LogP contribution in [0.15, 0.2) is 36.7 Å². The van der Waals surface area contributed by atoms with E-state index in [1.165, 1.54) is 10.5 Å². The molecule has 0 N–H and O–H groups in total. The molecule has 1 amide bonds. The van der Waals surface area contributed by atoms with Gasteiger partial charge in [-0.25, -0.2) is 19.7 Å². The van der Waals surface area contributed by atoms with E-state index in [9.17, 15) is 13.6 Å². The van der Waals surface area contributed by atoms with Crippen LogP contribution in [0.1, 0.15) is 30.4 Å². The molecule has 0 saturated carbocycles. The Morgan fingerprint density at radius 2 is 2.00 bits per heavy atom. The highest BCUT2D eigenvalue weighted by Gasteiger charge is 2.36. The van der Waals surface area contributed by atoms with Crippen molar-refractivity contribution in [3.05, 3.63) is 70.1 Å². The number of benzene rings is 2. The van der Waals surface area contributed by atoms with Crippen molar-refractivity contribution in [1.82, 2.24) is 19.8 Å². The Hall–Kier alpha value is -3.88. The molecule has 3 heterocycles. The van der Waals surface area contributed by atoms with Gasteiger partial charge < -0.3 is 19.4 Å². The fraction of sp³-hybridized carbons (Fsp3) is 0.455. The van der Waals surface area contributed by atoms with Crippen LogP contribution < -0.4 is 9.64 Å². The van der Waals surface area contributed by atoms with Gasteiger partial charge in [0, 0.05) is 43.2 Å². The molecule has 1 aromatic heterocycles. The highest BCUT2D eigenvalue weighted by Crippen LogP contribution is 2.42. The molecule has 2 fully saturated rings. The number of nitrogens with zero attached hydrogens (tertiary/aromatic N) is 6. The molecular weight excluding hydrogens is 605 g/mol. The van der Waals surface area contributed by atoms with Crippen LogP contribution in [0.2, 0.25) is 5.02 Å². The molecule has 3 atom stereocenters. The third-order valence-electron chi connectivity index (χ3n) is 9.13. The number of carbonyl (C=O) groups is 1. The Kier molecular flexibility index (Phi) is 8.89. The number of hydrogen-bond acceptors (Lipinski definition) is 6. The molecule has 2 aromatic carbocycles. The van der Waals surface area contributed by atoms with Crippen LogP contribution in [0.25, 0.3) is 26.9 Å². The molecule has 2 aliphatic heterocycles. The quantitative estimate of drug-likeness (QED) is 0.241. The van der Waals surface area contributed by atoms with Crippen LogP contribution in [0, 0.1) is 12.4 Å². The molecule has 3 aliphatic rings. The van der Waals surface area contributed by atoms with Gasteiger partial charge in [0.05, 0.1) is 5.02 Å². The standard InChI is InChI=1S/C33H34ClF3N6O2/c1-19(35)32(44)43-12-11-42(17-23(43)15-38-2)31-26-14-27(34)28(25-10-6-8-20-7-4-5-9-24(20)25)29(37)30(26)39-33(40-31)45-18-22-13-21(36)16-41(22)3/h6,8,10,14,21-23H,1,4-5,7,9,11-13,15-18H2,3H3/t21-,22+,23+/m1/s1. The number of fused-ring (bicyclic) bond motifs is 2. The summed E-state index contributed by atoms with van der Waals surface area (Å²) in [4.78, 5) is 30.1. The van der Waals surface area contributed by atoms with E-state index in [2.05, 4.69) is 27.5 Å². The molecule has 12 heteroatoms. The zero-order valence-corrected chi connectivity index (χ0v) is 25.8. The molecule has 8 nitrogen and oxygen atoms in total. The second kappa shape index (κ2) is 12.9. The van der Waals surface area contributed by atoms with Gasteiger partial charge in [0.1, 0.15) is 30.2 Å². The molecule has 0 bridgehead atoms. The maximum atomic E-state index is 16.8. The van der Waals surface area contributed by atoms with Crippen LogP contribution in [0.3, 0.4) is 0 Å². The van der Waals surface area contributed by atoms with E-state index in [-0.39, 0.29) is 60.9 Å². The second-order valence-corrected chi connectivity index (χ2v) is 12.4. The zero-order valence-electron chi connectivity index (χ0n) is 25.0. The van der Waals surface area contributed by atoms with Crippen molar-refractivity contribution >= 4 is 34.2 Å². The van der Waals surface area contributed by atoms with Gasteiger partial charge in [-0.1, -0.05) is 36.4 Å². The van der Waals surface area contributed by atoms with Crippen LogP contribution in [-0.4, -0.2) is 90.3 Å². The van der Waals surface area contributed by atoms with Crippen molar-refractivity contribution < 1.29 is 22.7 Å². The number of piperazine rings is 1. The summed E-state index contributed by atoms with van der Waals surface area (Å²) in [5, 5.41) is 0.552. The SMILES string of the molecule is [C-]#[N+]C[C@H]1CN(c2nc(OC[C@@H]3C[C@@H](F)CN3C)nc3c(F)c(-c4cccc5c4CCCC5)c(Cl)cc23)CCN1C(=O)C(=C)F. The van der Waals surface area contributed by atoms with Gasteiger partial charge in [-0.15, -0.1) is 0 Å². The van der Waals surface area contributed by atoms with Gasteiger partial charge in [0.25, 0.3) is 5.91 Å². The average Bonchev–Trinajstić information content (AvgIpc) is 3.36. The predicted octanol–water partition coefficient (Wildman–Crippen LogP) is 5.81. The number of aryl methyl sites for hydroxylation is 1. The summed E-state index contributed by atoms with van der Waals surface area (Å²) in [6, 6.07) is 6.59. The minimum absolute atomic E-state index is 0.0170. The highest BCUT2D eigenvalue weighted by atomic mass is 35.5. The van der Waals surface area contributed by atoms with E-state index >= 15 is 4.39 Å². The van der Waals surface area contributed by atoms with Crippen molar-refractivity contribution in [2.24, 2.45) is 0 Å². The van der Waals surface area contributed by atoms with Gasteiger partial charge in [-0.2, -0.15) is 9.97 Å². The lowest BCUT2D eigenvalue weighted by atomic mass is 9.85. The lowest BCUT2D eigenvalue weighted by Crippen LogP contribution is -2.56. The van der Waals surface area contributed by atoms with Gasteiger partial charge in [-0.05, 0) is 61.9 Å². The molecule has 2 saturated heterocycles. The number of hydrogen-bond donors (Lipinski definition) is 0. The monoisotopic (exact) mass is 638 g/mol. The summed E-state index contributed by atoms with van der Waals surface area (Å²) >= 11 is 6.86. The number of anilines is 1. The van der Waals surface area contributed by atoms with Crippen molar-refractivity contribution in [3.8, 4) is 17.1 Å². The number of halogens is 4. The van der Waals surface area contributed by atoms with E-state index in [1.807, 2.05) is 29.0 Å². The second-order valence-electron chi connectivity index (χ2n) is 12.0. The molecule has 3 aromatic rings. The molecule has 6 rings (SSSR count). The van der Waals surface area contributed by atoms with Crippen molar-refractivity contribution in [2.75, 3.05) is 51.3 Å². The summed E-state index contributed by atoms with van der Waals surface area (Å²) in [5.74, 6) is -2.25. The topological polar surface area (TPSA) is 66.2 Å². The van der Waals surface area contributed by atoms with Crippen LogP contribution in [0.4, 0.5) is 19.0 Å². The summed E-state index contributed by atoms with van der Waals surface area (Å²) in [5.41, 5.74) is 3.27. The number of likely N-dealkylation sites (tertiary alicyclic amines) is 1. The maximum Gasteiger partial charge on any atom is 0.319 e. The Morgan fingerprint density at radius 1 is 1.20 bits per heavy atom. The Bertz CT molecular complexity index is 1700. The Balaban J connectivity index is 1.45. The van der Waals surface area contributed by atoms with Crippen LogP contribution in [0.5, 0.6) is 6.01 Å². The lowest BCUT2D eigenvalue weighted by molar-refractivity contribution is -0.131. The third-order valence-corrected chi connectivity index (χ3v) is 9.42. The molecule has 0 radical (unpaired) electrons. The smallest absolute Gasteiger partial charge is 0.319 e. The van der Waals surface area contributed by atoms with E-state index in [4.69, 9.17) is 22.9 Å². The first-order chi connectivity index (χ1) is 21.7. The van der Waals surface area contributed by atoms with Crippen LogP contribution in [-0.2, 0) is 17.6 Å². The molecule has 0 unspecified atom stereocenters. The molecule has 0 spiro atoms. The summed E-state index contributed by atoms with van der Waals surface area (Å²) in [7, 11) is 1.82. The number of alkyl halides is 1. The lowest BCUT2D eigenvalue weighted by Gasteiger charge is -2.39. The first-order valence-corrected chi connectivity index (χ1v) is 15.6. The number of aromatic nitrogens is 2. The predicted molar refractivity (Wildman–Crippen MR) is 167 cm³/mol. The third kappa shape index (κ3) is 6.06. The fourth-order valence-corrected chi connectivity index (χ4v) is 7.13. The average molecular weight is 639 g/mol. The van der Waals surface area contributed by atoms with Crippen molar-refractivity contribution in [1.29, 1.82) is 0 Å². The largest absolute Gasteiger partial charge is 0.462 e. The number of rotatable bonds is 7. The van der Waals surface area contributed by atoms with E-state index in [0.29, 0.717) is 24.2 Å². The maximum absolute atomic E-state index is 16.8. The normalized spacial score (nSPS) is 21.9. The fourth-order valence-electron chi connectivity index (χ4n) is 6.84. The minimum atomic E-state index is -1.10. The minimum Gasteiger partial charge on any atom is -0.462 e. The first-order valence-electron chi connectivity index (χ1n) is 15.2. The molecule has 45 heavy (non-hydrogen) atoms.